The first-order chi connectivity index (χ1) is 10.7. The molecule has 2 N–H and O–H groups in total. The molecule has 3 aliphatic rings. The Kier molecular flexibility index (Phi) is 6.32. The molecule has 23 heavy (non-hydrogen) atoms. The number of nitrogens with zero attached hydrogens (tertiary/aromatic N) is 1. The lowest BCUT2D eigenvalue weighted by atomic mass is 9.83. The molecule has 1 amide bonds. The van der Waals surface area contributed by atoms with Crippen molar-refractivity contribution in [3.05, 3.63) is 0 Å². The zero-order chi connectivity index (χ0) is 17.0. The van der Waals surface area contributed by atoms with Crippen molar-refractivity contribution in [1.29, 1.82) is 0 Å². The molecule has 3 heterocycles. The van der Waals surface area contributed by atoms with Gasteiger partial charge in [0.1, 0.15) is 5.60 Å². The molecule has 0 aliphatic carbocycles. The number of fused-ring (bicyclic) bond motifs is 3. The molecule has 3 rings (SSSR count). The number of ether oxygens (including phenoxy) is 1. The summed E-state index contributed by atoms with van der Waals surface area (Å²) in [6, 6.07) is 0.625. The lowest BCUT2D eigenvalue weighted by Crippen LogP contribution is -2.57. The second-order valence-corrected chi connectivity index (χ2v) is 8.54. The fourth-order valence-electron chi connectivity index (χ4n) is 3.57. The molecular weight excluding hydrogens is 290 g/mol. The third-order valence-corrected chi connectivity index (χ3v) is 5.15. The summed E-state index contributed by atoms with van der Waals surface area (Å²) in [5.41, 5.74) is -0.439. The standard InChI is InChI=1S/C18H35N3O2/c1-13(2)15(11-20-17(22)23-18(3,4)5)10-19-16-12-21-8-6-14(16)7-9-21/h13-16,19H,6-12H2,1-5H3,(H,20,22). The minimum absolute atomic E-state index is 0.314. The van der Waals surface area contributed by atoms with E-state index in [0.29, 0.717) is 24.4 Å². The molecule has 5 nitrogen and oxygen atoms in total. The number of piperidine rings is 3. The monoisotopic (exact) mass is 325 g/mol. The van der Waals surface area contributed by atoms with Crippen LogP contribution in [-0.2, 0) is 4.74 Å². The Morgan fingerprint density at radius 1 is 1.22 bits per heavy atom. The lowest BCUT2D eigenvalue weighted by Gasteiger charge is -2.45. The van der Waals surface area contributed by atoms with E-state index in [-0.39, 0.29) is 6.09 Å². The Morgan fingerprint density at radius 3 is 2.35 bits per heavy atom. The summed E-state index contributed by atoms with van der Waals surface area (Å²) in [5, 5.41) is 6.70. The SMILES string of the molecule is CC(C)C(CNC(=O)OC(C)(C)C)CNC1CN2CCC1CC2. The topological polar surface area (TPSA) is 53.6 Å². The third-order valence-electron chi connectivity index (χ3n) is 5.15. The van der Waals surface area contributed by atoms with E-state index in [1.165, 1.54) is 32.5 Å². The predicted molar refractivity (Wildman–Crippen MR) is 93.5 cm³/mol. The van der Waals surface area contributed by atoms with Gasteiger partial charge in [0, 0.05) is 25.7 Å². The van der Waals surface area contributed by atoms with Gasteiger partial charge in [-0.2, -0.15) is 0 Å². The van der Waals surface area contributed by atoms with Crippen LogP contribution in [-0.4, -0.2) is 55.4 Å². The second kappa shape index (κ2) is 7.84. The largest absolute Gasteiger partial charge is 0.444 e. The Morgan fingerprint density at radius 2 is 1.87 bits per heavy atom. The summed E-state index contributed by atoms with van der Waals surface area (Å²) < 4.78 is 5.33. The number of carbonyl (C=O) groups is 1. The Labute approximate surface area is 141 Å². The molecule has 0 aromatic heterocycles. The zero-order valence-electron chi connectivity index (χ0n) is 15.5. The number of hydrogen-bond acceptors (Lipinski definition) is 4. The van der Waals surface area contributed by atoms with Gasteiger partial charge in [-0.1, -0.05) is 13.8 Å². The van der Waals surface area contributed by atoms with E-state index in [2.05, 4.69) is 29.4 Å². The second-order valence-electron chi connectivity index (χ2n) is 8.54. The number of rotatable bonds is 6. The van der Waals surface area contributed by atoms with Crippen LogP contribution in [0.3, 0.4) is 0 Å². The average Bonchev–Trinajstić information content (AvgIpc) is 2.46. The van der Waals surface area contributed by atoms with Crippen LogP contribution < -0.4 is 10.6 Å². The Bertz CT molecular complexity index is 384. The summed E-state index contributed by atoms with van der Waals surface area (Å²) >= 11 is 0. The highest BCUT2D eigenvalue weighted by Gasteiger charge is 2.34. The molecular formula is C18H35N3O2. The molecule has 2 bridgehead atoms. The van der Waals surface area contributed by atoms with Gasteiger partial charge in [-0.3, -0.25) is 0 Å². The van der Waals surface area contributed by atoms with Crippen molar-refractivity contribution in [1.82, 2.24) is 15.5 Å². The van der Waals surface area contributed by atoms with Crippen molar-refractivity contribution in [3.8, 4) is 0 Å². The van der Waals surface area contributed by atoms with Crippen LogP contribution in [0.15, 0.2) is 0 Å². The minimum atomic E-state index is -0.439. The van der Waals surface area contributed by atoms with E-state index in [1.807, 2.05) is 20.8 Å². The highest BCUT2D eigenvalue weighted by atomic mass is 16.6. The Hall–Kier alpha value is -0.810. The minimum Gasteiger partial charge on any atom is -0.444 e. The molecule has 0 saturated carbocycles. The van der Waals surface area contributed by atoms with Crippen molar-refractivity contribution in [2.24, 2.45) is 17.8 Å². The molecule has 2 unspecified atom stereocenters. The summed E-state index contributed by atoms with van der Waals surface area (Å²) in [7, 11) is 0. The van der Waals surface area contributed by atoms with Crippen LogP contribution >= 0.6 is 0 Å². The smallest absolute Gasteiger partial charge is 0.407 e. The Balaban J connectivity index is 1.74. The fourth-order valence-corrected chi connectivity index (χ4v) is 3.57. The van der Waals surface area contributed by atoms with Crippen molar-refractivity contribution in [3.63, 3.8) is 0 Å². The van der Waals surface area contributed by atoms with Gasteiger partial charge in [-0.25, -0.2) is 4.79 Å². The normalized spacial score (nSPS) is 28.7. The summed E-state index contributed by atoms with van der Waals surface area (Å²) in [6.45, 7) is 15.5. The maximum absolute atomic E-state index is 11.8. The number of carbonyl (C=O) groups excluding carboxylic acids is 1. The van der Waals surface area contributed by atoms with Crippen molar-refractivity contribution < 1.29 is 9.53 Å². The maximum atomic E-state index is 11.8. The van der Waals surface area contributed by atoms with E-state index < -0.39 is 5.60 Å². The number of amides is 1. The fraction of sp³-hybridized carbons (Fsp3) is 0.944. The highest BCUT2D eigenvalue weighted by molar-refractivity contribution is 5.67. The van der Waals surface area contributed by atoms with E-state index in [1.54, 1.807) is 0 Å². The molecule has 0 spiro atoms. The van der Waals surface area contributed by atoms with Gasteiger partial charge in [-0.05, 0) is 64.5 Å². The van der Waals surface area contributed by atoms with Gasteiger partial charge < -0.3 is 20.3 Å². The first kappa shape index (κ1) is 18.5. The lowest BCUT2D eigenvalue weighted by molar-refractivity contribution is 0.0507. The number of alkyl carbamates (subject to hydrolysis) is 1. The summed E-state index contributed by atoms with van der Waals surface area (Å²) in [4.78, 5) is 14.4. The van der Waals surface area contributed by atoms with Crippen LogP contribution in [0.4, 0.5) is 4.79 Å². The van der Waals surface area contributed by atoms with Gasteiger partial charge in [0.25, 0.3) is 0 Å². The van der Waals surface area contributed by atoms with Crippen LogP contribution in [0.2, 0.25) is 0 Å². The quantitative estimate of drug-likeness (QED) is 0.788. The van der Waals surface area contributed by atoms with Gasteiger partial charge in [0.15, 0.2) is 0 Å². The summed E-state index contributed by atoms with van der Waals surface area (Å²) in [6.07, 6.45) is 2.35. The first-order valence-corrected chi connectivity index (χ1v) is 9.17. The van der Waals surface area contributed by atoms with E-state index in [0.717, 1.165) is 12.5 Å². The number of nitrogens with one attached hydrogen (secondary N) is 2. The van der Waals surface area contributed by atoms with Crippen molar-refractivity contribution >= 4 is 6.09 Å². The third kappa shape index (κ3) is 5.96. The maximum Gasteiger partial charge on any atom is 0.407 e. The first-order valence-electron chi connectivity index (χ1n) is 9.17. The average molecular weight is 325 g/mol. The van der Waals surface area contributed by atoms with Crippen LogP contribution in [0.5, 0.6) is 0 Å². The molecule has 5 heteroatoms. The molecule has 2 atom stereocenters. The van der Waals surface area contributed by atoms with Crippen molar-refractivity contribution in [2.45, 2.75) is 59.1 Å². The van der Waals surface area contributed by atoms with Crippen LogP contribution in [0, 0.1) is 17.8 Å². The van der Waals surface area contributed by atoms with E-state index in [9.17, 15) is 4.79 Å². The highest BCUT2D eigenvalue weighted by Crippen LogP contribution is 2.27. The molecule has 3 aliphatic heterocycles. The van der Waals surface area contributed by atoms with Gasteiger partial charge in [0.05, 0.1) is 0 Å². The van der Waals surface area contributed by atoms with Gasteiger partial charge in [-0.15, -0.1) is 0 Å². The molecule has 0 aromatic carbocycles. The molecule has 3 fully saturated rings. The van der Waals surface area contributed by atoms with E-state index in [4.69, 9.17) is 4.74 Å². The van der Waals surface area contributed by atoms with Gasteiger partial charge in [0.2, 0.25) is 0 Å². The zero-order valence-corrected chi connectivity index (χ0v) is 15.5. The van der Waals surface area contributed by atoms with Crippen LogP contribution in [0.25, 0.3) is 0 Å². The molecule has 3 saturated heterocycles. The summed E-state index contributed by atoms with van der Waals surface area (Å²) in [5.74, 6) is 1.79. The molecule has 134 valence electrons. The van der Waals surface area contributed by atoms with Crippen molar-refractivity contribution in [2.75, 3.05) is 32.7 Å². The van der Waals surface area contributed by atoms with E-state index >= 15 is 0 Å². The van der Waals surface area contributed by atoms with Gasteiger partial charge >= 0.3 is 6.09 Å². The number of hydrogen-bond donors (Lipinski definition) is 2. The molecule has 0 aromatic rings. The predicted octanol–water partition coefficient (Wildman–Crippen LogP) is 2.47. The van der Waals surface area contributed by atoms with Crippen LogP contribution in [0.1, 0.15) is 47.5 Å². The molecule has 0 radical (unpaired) electrons.